The Morgan fingerprint density at radius 3 is 2.46 bits per heavy atom. The van der Waals surface area contributed by atoms with Gasteiger partial charge in [0.25, 0.3) is 0 Å². The van der Waals surface area contributed by atoms with E-state index in [4.69, 9.17) is 10.5 Å². The molecule has 0 aromatic heterocycles. The van der Waals surface area contributed by atoms with Gasteiger partial charge in [-0.2, -0.15) is 0 Å². The van der Waals surface area contributed by atoms with Crippen LogP contribution in [0.2, 0.25) is 0 Å². The Bertz CT molecular complexity index is 637. The van der Waals surface area contributed by atoms with E-state index in [-0.39, 0.29) is 18.0 Å². The summed E-state index contributed by atoms with van der Waals surface area (Å²) < 4.78 is 5.36. The van der Waals surface area contributed by atoms with E-state index in [1.54, 1.807) is 0 Å². The summed E-state index contributed by atoms with van der Waals surface area (Å²) in [5.74, 6) is -0.0122. The van der Waals surface area contributed by atoms with Crippen molar-refractivity contribution in [3.63, 3.8) is 0 Å². The quantitative estimate of drug-likeness (QED) is 0.622. The van der Waals surface area contributed by atoms with Crippen LogP contribution in [0.1, 0.15) is 44.2 Å². The number of hydrogen-bond donors (Lipinski definition) is 4. The van der Waals surface area contributed by atoms with E-state index >= 15 is 0 Å². The summed E-state index contributed by atoms with van der Waals surface area (Å²) in [6, 6.07) is 7.53. The fourth-order valence-electron chi connectivity index (χ4n) is 3.15. The normalized spacial score (nSPS) is 20.1. The molecule has 1 atom stereocenters. The monoisotopic (exact) mass is 360 g/mol. The van der Waals surface area contributed by atoms with E-state index in [2.05, 4.69) is 16.0 Å². The predicted molar refractivity (Wildman–Crippen MR) is 99.7 cm³/mol. The van der Waals surface area contributed by atoms with Crippen LogP contribution in [0.4, 0.5) is 10.5 Å². The average Bonchev–Trinajstić information content (AvgIpc) is 3.46. The van der Waals surface area contributed by atoms with Crippen LogP contribution >= 0.6 is 0 Å². The van der Waals surface area contributed by atoms with Crippen molar-refractivity contribution in [2.45, 2.75) is 44.7 Å². The zero-order valence-electron chi connectivity index (χ0n) is 15.2. The van der Waals surface area contributed by atoms with Crippen LogP contribution in [0, 0.1) is 5.41 Å². The summed E-state index contributed by atoms with van der Waals surface area (Å²) in [5, 5.41) is 8.78. The Morgan fingerprint density at radius 1 is 1.23 bits per heavy atom. The van der Waals surface area contributed by atoms with Crippen molar-refractivity contribution in [1.29, 1.82) is 0 Å². The molecule has 2 aliphatic rings. The summed E-state index contributed by atoms with van der Waals surface area (Å²) in [5.41, 5.74) is 7.07. The molecule has 1 heterocycles. The smallest absolute Gasteiger partial charge is 0.319 e. The minimum absolute atomic E-state index is 0.0122. The fourth-order valence-corrected chi connectivity index (χ4v) is 3.15. The molecule has 142 valence electrons. The maximum absolute atomic E-state index is 12.7. The molecule has 3 amide bonds. The molecule has 1 aromatic rings. The van der Waals surface area contributed by atoms with Gasteiger partial charge >= 0.3 is 6.03 Å². The lowest BCUT2D eigenvalue weighted by atomic mass is 9.79. The maximum Gasteiger partial charge on any atom is 0.319 e. The number of carbonyl (C=O) groups excluding carboxylic acids is 2. The highest BCUT2D eigenvalue weighted by molar-refractivity contribution is 5.89. The van der Waals surface area contributed by atoms with Gasteiger partial charge in [0, 0.05) is 31.5 Å². The van der Waals surface area contributed by atoms with Crippen molar-refractivity contribution in [3.05, 3.63) is 29.8 Å². The SMILES string of the molecule is CC(NC(=O)C1(CN)CCOCC1)c1ccc(NC(=O)NC2CC2)cc1. The summed E-state index contributed by atoms with van der Waals surface area (Å²) in [6.45, 7) is 3.42. The first-order valence-corrected chi connectivity index (χ1v) is 9.29. The first-order valence-electron chi connectivity index (χ1n) is 9.29. The van der Waals surface area contributed by atoms with Crippen molar-refractivity contribution in [3.8, 4) is 0 Å². The number of hydrogen-bond acceptors (Lipinski definition) is 4. The van der Waals surface area contributed by atoms with Crippen molar-refractivity contribution < 1.29 is 14.3 Å². The minimum Gasteiger partial charge on any atom is -0.381 e. The standard InChI is InChI=1S/C19H28N4O3/c1-13(21-17(24)19(12-20)8-10-26-11-9-19)14-2-4-15(5-3-14)22-18(25)23-16-6-7-16/h2-5,13,16H,6-12,20H2,1H3,(H,21,24)(H2,22,23,25). The molecule has 7 nitrogen and oxygen atoms in total. The zero-order chi connectivity index (χ0) is 18.6. The number of amides is 3. The molecule has 1 aromatic carbocycles. The molecule has 3 rings (SSSR count). The van der Waals surface area contributed by atoms with E-state index in [0.717, 1.165) is 24.1 Å². The second-order valence-corrected chi connectivity index (χ2v) is 7.29. The summed E-state index contributed by atoms with van der Waals surface area (Å²) >= 11 is 0. The van der Waals surface area contributed by atoms with Gasteiger partial charge in [-0.25, -0.2) is 4.79 Å². The highest BCUT2D eigenvalue weighted by atomic mass is 16.5. The van der Waals surface area contributed by atoms with Gasteiger partial charge in [0.1, 0.15) is 0 Å². The third-order valence-electron chi connectivity index (χ3n) is 5.25. The lowest BCUT2D eigenvalue weighted by Gasteiger charge is -2.35. The van der Waals surface area contributed by atoms with Gasteiger partial charge in [-0.1, -0.05) is 12.1 Å². The second kappa shape index (κ2) is 8.05. The molecule has 1 saturated heterocycles. The lowest BCUT2D eigenvalue weighted by Crippen LogP contribution is -2.49. The van der Waals surface area contributed by atoms with Crippen LogP contribution in [0.25, 0.3) is 0 Å². The van der Waals surface area contributed by atoms with Crippen LogP contribution in [-0.2, 0) is 9.53 Å². The number of ether oxygens (including phenoxy) is 1. The number of nitrogens with two attached hydrogens (primary N) is 1. The average molecular weight is 360 g/mol. The largest absolute Gasteiger partial charge is 0.381 e. The van der Waals surface area contributed by atoms with Gasteiger partial charge in [0.05, 0.1) is 11.5 Å². The summed E-state index contributed by atoms with van der Waals surface area (Å²) in [7, 11) is 0. The van der Waals surface area contributed by atoms with Crippen molar-refractivity contribution in [2.24, 2.45) is 11.1 Å². The van der Waals surface area contributed by atoms with E-state index < -0.39 is 5.41 Å². The van der Waals surface area contributed by atoms with Gasteiger partial charge < -0.3 is 26.4 Å². The Balaban J connectivity index is 1.56. The van der Waals surface area contributed by atoms with Crippen LogP contribution in [0.15, 0.2) is 24.3 Å². The van der Waals surface area contributed by atoms with Crippen molar-refractivity contribution >= 4 is 17.6 Å². The van der Waals surface area contributed by atoms with E-state index in [0.29, 0.717) is 38.6 Å². The third kappa shape index (κ3) is 4.53. The minimum atomic E-state index is -0.533. The van der Waals surface area contributed by atoms with Crippen LogP contribution in [-0.4, -0.2) is 37.7 Å². The lowest BCUT2D eigenvalue weighted by molar-refractivity contribution is -0.136. The predicted octanol–water partition coefficient (Wildman–Crippen LogP) is 1.90. The number of rotatable bonds is 6. The topological polar surface area (TPSA) is 105 Å². The Kier molecular flexibility index (Phi) is 5.78. The number of benzene rings is 1. The summed E-state index contributed by atoms with van der Waals surface area (Å²) in [6.07, 6.45) is 3.42. The van der Waals surface area contributed by atoms with E-state index in [9.17, 15) is 9.59 Å². The van der Waals surface area contributed by atoms with Gasteiger partial charge in [0.2, 0.25) is 5.91 Å². The zero-order valence-corrected chi connectivity index (χ0v) is 15.2. The molecule has 5 N–H and O–H groups in total. The number of anilines is 1. The molecule has 2 fully saturated rings. The van der Waals surface area contributed by atoms with Gasteiger partial charge in [-0.15, -0.1) is 0 Å². The molecule has 1 unspecified atom stereocenters. The number of nitrogens with one attached hydrogen (secondary N) is 3. The Hall–Kier alpha value is -2.12. The molecular formula is C19H28N4O3. The van der Waals surface area contributed by atoms with E-state index in [1.807, 2.05) is 31.2 Å². The van der Waals surface area contributed by atoms with Gasteiger partial charge in [-0.3, -0.25) is 4.79 Å². The molecule has 7 heteroatoms. The molecule has 1 saturated carbocycles. The Morgan fingerprint density at radius 2 is 1.88 bits per heavy atom. The second-order valence-electron chi connectivity index (χ2n) is 7.29. The third-order valence-corrected chi connectivity index (χ3v) is 5.25. The fraction of sp³-hybridized carbons (Fsp3) is 0.579. The highest BCUT2D eigenvalue weighted by Crippen LogP contribution is 2.30. The molecular weight excluding hydrogens is 332 g/mol. The summed E-state index contributed by atoms with van der Waals surface area (Å²) in [4.78, 5) is 24.5. The number of carbonyl (C=O) groups is 2. The van der Waals surface area contributed by atoms with Crippen molar-refractivity contribution in [2.75, 3.05) is 25.1 Å². The van der Waals surface area contributed by atoms with E-state index in [1.165, 1.54) is 0 Å². The molecule has 1 aliphatic heterocycles. The van der Waals surface area contributed by atoms with Gasteiger partial charge in [-0.05, 0) is 50.3 Å². The molecule has 26 heavy (non-hydrogen) atoms. The molecule has 1 aliphatic carbocycles. The maximum atomic E-state index is 12.7. The van der Waals surface area contributed by atoms with Crippen LogP contribution in [0.3, 0.4) is 0 Å². The first kappa shape index (κ1) is 18.7. The molecule has 0 radical (unpaired) electrons. The van der Waals surface area contributed by atoms with Crippen LogP contribution < -0.4 is 21.7 Å². The first-order chi connectivity index (χ1) is 12.5. The van der Waals surface area contributed by atoms with Gasteiger partial charge in [0.15, 0.2) is 0 Å². The number of urea groups is 1. The van der Waals surface area contributed by atoms with Crippen molar-refractivity contribution in [1.82, 2.24) is 10.6 Å². The molecule has 0 spiro atoms. The Labute approximate surface area is 154 Å². The van der Waals surface area contributed by atoms with Crippen LogP contribution in [0.5, 0.6) is 0 Å². The molecule has 0 bridgehead atoms. The highest BCUT2D eigenvalue weighted by Gasteiger charge is 2.39.